The van der Waals surface area contributed by atoms with Gasteiger partial charge >= 0.3 is 0 Å². The highest BCUT2D eigenvalue weighted by molar-refractivity contribution is 6.51. The zero-order valence-electron chi connectivity index (χ0n) is 22.9. The molecule has 1 amide bonds. The molecule has 0 aromatic heterocycles. The number of Topliss-reactive ketones (excluding diaryl/α,β-unsaturated/α-hetero) is 1. The van der Waals surface area contributed by atoms with Gasteiger partial charge in [-0.15, -0.1) is 0 Å². The Labute approximate surface area is 230 Å². The van der Waals surface area contributed by atoms with E-state index in [1.54, 1.807) is 6.07 Å². The van der Waals surface area contributed by atoms with Gasteiger partial charge in [-0.1, -0.05) is 44.2 Å². The lowest BCUT2D eigenvalue weighted by Gasteiger charge is -2.30. The predicted molar refractivity (Wildman–Crippen MR) is 155 cm³/mol. The fraction of sp³-hybridized carbons (Fsp3) is 0.333. The Kier molecular flexibility index (Phi) is 7.73. The van der Waals surface area contributed by atoms with Gasteiger partial charge in [-0.2, -0.15) is 0 Å². The molecule has 3 aromatic rings. The second kappa shape index (κ2) is 11.4. The maximum Gasteiger partial charge on any atom is 0.300 e. The average Bonchev–Trinajstić information content (AvgIpc) is 3.24. The molecule has 2 saturated heterocycles. The topological polar surface area (TPSA) is 70.1 Å². The van der Waals surface area contributed by atoms with Crippen LogP contribution in [0, 0.1) is 0 Å². The highest BCUT2D eigenvalue weighted by Crippen LogP contribution is 2.43. The number of carbonyl (C=O) groups excluding carboxylic acids is 2. The lowest BCUT2D eigenvalue weighted by Crippen LogP contribution is -2.30. The standard InChI is InChI=1S/C33H36N2O4/c1-4-39-28-18-13-24(21-27(28)22(2)3)31(36)29-30(23-11-7-5-8-12-23)35(33(38)32(29)37)26-16-14-25(15-17-26)34-19-9-6-10-20-34/h5,7-8,11-18,21-22,30,36H,4,6,9-10,19-20H2,1-3H3/b31-29-. The number of benzene rings is 3. The first kappa shape index (κ1) is 26.5. The monoisotopic (exact) mass is 524 g/mol. The van der Waals surface area contributed by atoms with Crippen LogP contribution in [0.1, 0.15) is 68.7 Å². The molecule has 0 aliphatic carbocycles. The van der Waals surface area contributed by atoms with Crippen LogP contribution in [0.25, 0.3) is 5.76 Å². The SMILES string of the molecule is CCOc1ccc(/C(O)=C2/C(=O)C(=O)N(c3ccc(N4CCCCC4)cc3)C2c2ccccc2)cc1C(C)C. The maximum absolute atomic E-state index is 13.5. The van der Waals surface area contributed by atoms with E-state index < -0.39 is 17.7 Å². The number of piperidine rings is 1. The van der Waals surface area contributed by atoms with Crippen molar-refractivity contribution in [2.24, 2.45) is 0 Å². The molecule has 2 heterocycles. The molecule has 1 N–H and O–H groups in total. The second-order valence-electron chi connectivity index (χ2n) is 10.5. The lowest BCUT2D eigenvalue weighted by atomic mass is 9.93. The third-order valence-electron chi connectivity index (χ3n) is 7.61. The van der Waals surface area contributed by atoms with Gasteiger partial charge in [0.15, 0.2) is 0 Å². The summed E-state index contributed by atoms with van der Waals surface area (Å²) in [5, 5.41) is 11.6. The summed E-state index contributed by atoms with van der Waals surface area (Å²) in [6, 6.07) is 21.9. The van der Waals surface area contributed by atoms with Crippen LogP contribution in [0.4, 0.5) is 11.4 Å². The summed E-state index contributed by atoms with van der Waals surface area (Å²) in [5.74, 6) is -0.630. The number of anilines is 2. The van der Waals surface area contributed by atoms with Gasteiger partial charge in [-0.05, 0) is 85.7 Å². The average molecular weight is 525 g/mol. The van der Waals surface area contributed by atoms with E-state index in [0.29, 0.717) is 17.9 Å². The predicted octanol–water partition coefficient (Wildman–Crippen LogP) is 6.83. The summed E-state index contributed by atoms with van der Waals surface area (Å²) in [7, 11) is 0. The van der Waals surface area contributed by atoms with Crippen molar-refractivity contribution < 1.29 is 19.4 Å². The lowest BCUT2D eigenvalue weighted by molar-refractivity contribution is -0.132. The fourth-order valence-electron chi connectivity index (χ4n) is 5.62. The van der Waals surface area contributed by atoms with Crippen molar-refractivity contribution >= 4 is 28.8 Å². The molecule has 202 valence electrons. The Morgan fingerprint density at radius 3 is 2.23 bits per heavy atom. The van der Waals surface area contributed by atoms with Crippen molar-refractivity contribution in [3.05, 3.63) is 95.1 Å². The van der Waals surface area contributed by atoms with Gasteiger partial charge in [0.1, 0.15) is 11.5 Å². The first-order valence-electron chi connectivity index (χ1n) is 13.9. The summed E-state index contributed by atoms with van der Waals surface area (Å²) in [5.41, 5.74) is 4.00. The molecule has 1 atom stereocenters. The molecule has 39 heavy (non-hydrogen) atoms. The van der Waals surface area contributed by atoms with Gasteiger partial charge in [0, 0.05) is 30.0 Å². The number of amides is 1. The molecule has 0 radical (unpaired) electrons. The van der Waals surface area contributed by atoms with E-state index in [1.807, 2.05) is 73.7 Å². The van der Waals surface area contributed by atoms with Gasteiger partial charge in [0.05, 0.1) is 18.2 Å². The van der Waals surface area contributed by atoms with Gasteiger partial charge in [0.25, 0.3) is 11.7 Å². The van der Waals surface area contributed by atoms with Gasteiger partial charge in [0.2, 0.25) is 0 Å². The van der Waals surface area contributed by atoms with Crippen LogP contribution in [0.15, 0.2) is 78.4 Å². The highest BCUT2D eigenvalue weighted by Gasteiger charge is 2.47. The Bertz CT molecular complexity index is 1370. The first-order valence-corrected chi connectivity index (χ1v) is 13.9. The summed E-state index contributed by atoms with van der Waals surface area (Å²) < 4.78 is 5.79. The van der Waals surface area contributed by atoms with E-state index in [2.05, 4.69) is 18.7 Å². The molecule has 5 rings (SSSR count). The second-order valence-corrected chi connectivity index (χ2v) is 10.5. The van der Waals surface area contributed by atoms with Crippen LogP contribution in [0.2, 0.25) is 0 Å². The maximum atomic E-state index is 13.5. The summed E-state index contributed by atoms with van der Waals surface area (Å²) in [6.07, 6.45) is 3.60. The molecule has 6 nitrogen and oxygen atoms in total. The van der Waals surface area contributed by atoms with Crippen LogP contribution in [0.5, 0.6) is 5.75 Å². The molecule has 6 heteroatoms. The van der Waals surface area contributed by atoms with E-state index in [-0.39, 0.29) is 17.3 Å². The third kappa shape index (κ3) is 5.16. The zero-order chi connectivity index (χ0) is 27.5. The molecular weight excluding hydrogens is 488 g/mol. The van der Waals surface area contributed by atoms with E-state index >= 15 is 0 Å². The van der Waals surface area contributed by atoms with Crippen LogP contribution in [-0.4, -0.2) is 36.5 Å². The van der Waals surface area contributed by atoms with Crippen molar-refractivity contribution in [1.82, 2.24) is 0 Å². The Balaban J connectivity index is 1.60. The van der Waals surface area contributed by atoms with Crippen molar-refractivity contribution in [3.63, 3.8) is 0 Å². The molecule has 0 saturated carbocycles. The highest BCUT2D eigenvalue weighted by atomic mass is 16.5. The minimum Gasteiger partial charge on any atom is -0.507 e. The van der Waals surface area contributed by atoms with Crippen molar-refractivity contribution in [2.45, 2.75) is 52.0 Å². The number of nitrogens with zero attached hydrogens (tertiary/aromatic N) is 2. The largest absolute Gasteiger partial charge is 0.507 e. The van der Waals surface area contributed by atoms with E-state index in [1.165, 1.54) is 24.2 Å². The van der Waals surface area contributed by atoms with Crippen LogP contribution in [0.3, 0.4) is 0 Å². The van der Waals surface area contributed by atoms with Crippen molar-refractivity contribution in [2.75, 3.05) is 29.5 Å². The Morgan fingerprint density at radius 2 is 1.59 bits per heavy atom. The third-order valence-corrected chi connectivity index (χ3v) is 7.61. The number of ether oxygens (including phenoxy) is 1. The molecule has 2 fully saturated rings. The number of hydrogen-bond donors (Lipinski definition) is 1. The summed E-state index contributed by atoms with van der Waals surface area (Å²) >= 11 is 0. The minimum atomic E-state index is -0.749. The van der Waals surface area contributed by atoms with Crippen LogP contribution in [-0.2, 0) is 9.59 Å². The smallest absolute Gasteiger partial charge is 0.300 e. The number of hydrogen-bond acceptors (Lipinski definition) is 5. The Morgan fingerprint density at radius 1 is 0.923 bits per heavy atom. The molecule has 0 spiro atoms. The van der Waals surface area contributed by atoms with Crippen LogP contribution >= 0.6 is 0 Å². The molecule has 3 aromatic carbocycles. The minimum absolute atomic E-state index is 0.0881. The van der Waals surface area contributed by atoms with Gasteiger partial charge in [-0.3, -0.25) is 14.5 Å². The number of aliphatic hydroxyl groups is 1. The molecule has 1 unspecified atom stereocenters. The van der Waals surface area contributed by atoms with E-state index in [9.17, 15) is 14.7 Å². The molecule has 2 aliphatic heterocycles. The quantitative estimate of drug-likeness (QED) is 0.209. The first-order chi connectivity index (χ1) is 18.9. The zero-order valence-corrected chi connectivity index (χ0v) is 22.9. The van der Waals surface area contributed by atoms with Gasteiger partial charge in [-0.25, -0.2) is 0 Å². The summed E-state index contributed by atoms with van der Waals surface area (Å²) in [6.45, 7) is 8.61. The molecule has 0 bridgehead atoms. The molecular formula is C33H36N2O4. The van der Waals surface area contributed by atoms with Crippen molar-refractivity contribution in [1.29, 1.82) is 0 Å². The number of carbonyl (C=O) groups is 2. The number of ketones is 1. The normalized spacial score (nSPS) is 19.1. The molecule has 2 aliphatic rings. The van der Waals surface area contributed by atoms with Crippen LogP contribution < -0.4 is 14.5 Å². The van der Waals surface area contributed by atoms with Gasteiger partial charge < -0.3 is 14.7 Å². The fourth-order valence-corrected chi connectivity index (χ4v) is 5.62. The van der Waals surface area contributed by atoms with Crippen molar-refractivity contribution in [3.8, 4) is 5.75 Å². The van der Waals surface area contributed by atoms with E-state index in [4.69, 9.17) is 4.74 Å². The number of rotatable bonds is 7. The van der Waals surface area contributed by atoms with E-state index in [0.717, 1.165) is 35.7 Å². The summed E-state index contributed by atoms with van der Waals surface area (Å²) in [4.78, 5) is 31.0. The number of aliphatic hydroxyl groups excluding tert-OH is 1. The Hall–Kier alpha value is -4.06.